The largest absolute Gasteiger partial charge is 0.480 e. The number of ether oxygens (including phenoxy) is 1. The molecule has 5 heteroatoms. The van der Waals surface area contributed by atoms with Gasteiger partial charge < -0.3 is 14.7 Å². The van der Waals surface area contributed by atoms with Crippen LogP contribution in [0.5, 0.6) is 0 Å². The van der Waals surface area contributed by atoms with E-state index in [1.165, 1.54) is 17.7 Å². The monoisotopic (exact) mass is 241 g/mol. The summed E-state index contributed by atoms with van der Waals surface area (Å²) in [5.41, 5.74) is 0. The van der Waals surface area contributed by atoms with Gasteiger partial charge in [0.2, 0.25) is 5.91 Å². The lowest BCUT2D eigenvalue weighted by molar-refractivity contribution is -0.158. The van der Waals surface area contributed by atoms with E-state index in [4.69, 9.17) is 9.84 Å². The molecule has 0 bridgehead atoms. The Balaban J connectivity index is 1.93. The van der Waals surface area contributed by atoms with Gasteiger partial charge in [-0.2, -0.15) is 0 Å². The number of hydrogen-bond donors (Lipinski definition) is 1. The van der Waals surface area contributed by atoms with Gasteiger partial charge in [0, 0.05) is 13.0 Å². The normalized spacial score (nSPS) is 26.1. The molecule has 0 aromatic heterocycles. The average Bonchev–Trinajstić information content (AvgIpc) is 2.81. The first-order chi connectivity index (χ1) is 8.18. The summed E-state index contributed by atoms with van der Waals surface area (Å²) in [5.74, 6) is -0.531. The van der Waals surface area contributed by atoms with Crippen LogP contribution in [0.3, 0.4) is 0 Å². The lowest BCUT2D eigenvalue weighted by Gasteiger charge is -2.33. The topological polar surface area (TPSA) is 66.8 Å². The summed E-state index contributed by atoms with van der Waals surface area (Å²) in [6.45, 7) is 0.967. The van der Waals surface area contributed by atoms with Crippen LogP contribution >= 0.6 is 0 Å². The van der Waals surface area contributed by atoms with E-state index in [-0.39, 0.29) is 12.5 Å². The minimum Gasteiger partial charge on any atom is -0.480 e. The van der Waals surface area contributed by atoms with Crippen molar-refractivity contribution < 1.29 is 19.4 Å². The molecule has 1 N–H and O–H groups in total. The molecule has 2 aliphatic rings. The Morgan fingerprint density at radius 2 is 2.00 bits per heavy atom. The Morgan fingerprint density at radius 3 is 2.65 bits per heavy atom. The van der Waals surface area contributed by atoms with Crippen LogP contribution in [0.1, 0.15) is 32.1 Å². The summed E-state index contributed by atoms with van der Waals surface area (Å²) < 4.78 is 5.12. The van der Waals surface area contributed by atoms with Gasteiger partial charge in [-0.05, 0) is 18.8 Å². The lowest BCUT2D eigenvalue weighted by atomic mass is 10.0. The van der Waals surface area contributed by atoms with Crippen LogP contribution < -0.4 is 0 Å². The molecule has 2 fully saturated rings. The van der Waals surface area contributed by atoms with Crippen LogP contribution in [0.2, 0.25) is 0 Å². The molecule has 1 amide bonds. The van der Waals surface area contributed by atoms with Crippen LogP contribution in [0.15, 0.2) is 0 Å². The second-order valence-corrected chi connectivity index (χ2v) is 4.87. The summed E-state index contributed by atoms with van der Waals surface area (Å²) in [7, 11) is 0. The minimum atomic E-state index is -0.968. The van der Waals surface area contributed by atoms with Crippen molar-refractivity contribution in [2.45, 2.75) is 38.1 Å². The summed E-state index contributed by atoms with van der Waals surface area (Å²) in [5, 5.41) is 9.04. The van der Waals surface area contributed by atoms with E-state index in [1.807, 2.05) is 0 Å². The fourth-order valence-corrected chi connectivity index (χ4v) is 2.69. The van der Waals surface area contributed by atoms with Gasteiger partial charge in [-0.15, -0.1) is 0 Å². The Morgan fingerprint density at radius 1 is 1.29 bits per heavy atom. The summed E-state index contributed by atoms with van der Waals surface area (Å²) in [6.07, 6.45) is 5.11. The number of morpholine rings is 1. The number of carboxylic acid groups (broad SMARTS) is 1. The van der Waals surface area contributed by atoms with Crippen LogP contribution in [0.25, 0.3) is 0 Å². The molecular weight excluding hydrogens is 222 g/mol. The predicted octanol–water partition coefficient (Wildman–Crippen LogP) is 0.879. The summed E-state index contributed by atoms with van der Waals surface area (Å²) >= 11 is 0. The number of carbonyl (C=O) groups excluding carboxylic acids is 1. The van der Waals surface area contributed by atoms with E-state index in [2.05, 4.69) is 0 Å². The molecule has 0 aromatic rings. The van der Waals surface area contributed by atoms with Crippen LogP contribution in [0, 0.1) is 5.92 Å². The Hall–Kier alpha value is -1.10. The van der Waals surface area contributed by atoms with E-state index in [0.717, 1.165) is 12.8 Å². The average molecular weight is 241 g/mol. The molecule has 1 saturated carbocycles. The van der Waals surface area contributed by atoms with Crippen molar-refractivity contribution in [2.24, 2.45) is 5.92 Å². The molecule has 0 unspecified atom stereocenters. The third-order valence-corrected chi connectivity index (χ3v) is 3.67. The zero-order valence-electron chi connectivity index (χ0n) is 9.93. The third kappa shape index (κ3) is 2.97. The molecule has 17 heavy (non-hydrogen) atoms. The fourth-order valence-electron chi connectivity index (χ4n) is 2.69. The van der Waals surface area contributed by atoms with Gasteiger partial charge in [0.25, 0.3) is 0 Å². The smallest absolute Gasteiger partial charge is 0.328 e. The van der Waals surface area contributed by atoms with Gasteiger partial charge in [-0.3, -0.25) is 4.79 Å². The molecule has 1 heterocycles. The molecule has 1 aliphatic carbocycles. The molecule has 1 saturated heterocycles. The van der Waals surface area contributed by atoms with Crippen molar-refractivity contribution >= 4 is 11.9 Å². The van der Waals surface area contributed by atoms with Gasteiger partial charge in [0.1, 0.15) is 0 Å². The minimum absolute atomic E-state index is 0.0207. The van der Waals surface area contributed by atoms with Crippen molar-refractivity contribution in [2.75, 3.05) is 19.8 Å². The van der Waals surface area contributed by atoms with Crippen molar-refractivity contribution in [1.29, 1.82) is 0 Å². The van der Waals surface area contributed by atoms with Crippen molar-refractivity contribution in [1.82, 2.24) is 4.90 Å². The number of nitrogens with zero attached hydrogens (tertiary/aromatic N) is 1. The van der Waals surface area contributed by atoms with Gasteiger partial charge >= 0.3 is 5.97 Å². The zero-order valence-corrected chi connectivity index (χ0v) is 9.93. The first-order valence-corrected chi connectivity index (χ1v) is 6.28. The molecular formula is C12H19NO4. The highest BCUT2D eigenvalue weighted by Gasteiger charge is 2.33. The number of hydrogen-bond acceptors (Lipinski definition) is 3. The SMILES string of the molecule is O=C(O)[C@@H]1COCCN1C(=O)CC1CCCC1. The van der Waals surface area contributed by atoms with E-state index >= 15 is 0 Å². The highest BCUT2D eigenvalue weighted by molar-refractivity contribution is 5.84. The van der Waals surface area contributed by atoms with Crippen molar-refractivity contribution in [3.63, 3.8) is 0 Å². The lowest BCUT2D eigenvalue weighted by Crippen LogP contribution is -2.52. The summed E-state index contributed by atoms with van der Waals surface area (Å²) in [4.78, 5) is 24.6. The van der Waals surface area contributed by atoms with E-state index in [1.54, 1.807) is 0 Å². The van der Waals surface area contributed by atoms with Gasteiger partial charge in [0.05, 0.1) is 13.2 Å². The molecule has 0 spiro atoms. The number of carbonyl (C=O) groups is 2. The standard InChI is InChI=1S/C12H19NO4/c14-11(7-9-3-1-2-4-9)13-5-6-17-8-10(13)12(15)16/h9-10H,1-8H2,(H,15,16)/t10-/m0/s1. The second kappa shape index (κ2) is 5.49. The quantitative estimate of drug-likeness (QED) is 0.796. The first kappa shape index (κ1) is 12.4. The van der Waals surface area contributed by atoms with E-state index in [9.17, 15) is 9.59 Å². The molecule has 5 nitrogen and oxygen atoms in total. The maximum Gasteiger partial charge on any atom is 0.328 e. The van der Waals surface area contributed by atoms with Gasteiger partial charge in [-0.1, -0.05) is 12.8 Å². The maximum atomic E-state index is 12.1. The first-order valence-electron chi connectivity index (χ1n) is 6.28. The Labute approximate surface area is 101 Å². The fraction of sp³-hybridized carbons (Fsp3) is 0.833. The second-order valence-electron chi connectivity index (χ2n) is 4.87. The number of rotatable bonds is 3. The van der Waals surface area contributed by atoms with Crippen LogP contribution in [-0.4, -0.2) is 47.7 Å². The Bertz CT molecular complexity index is 299. The number of carboxylic acids is 1. The molecule has 2 rings (SSSR count). The van der Waals surface area contributed by atoms with Gasteiger partial charge in [0.15, 0.2) is 6.04 Å². The highest BCUT2D eigenvalue weighted by atomic mass is 16.5. The van der Waals surface area contributed by atoms with Crippen molar-refractivity contribution in [3.8, 4) is 0 Å². The maximum absolute atomic E-state index is 12.1. The van der Waals surface area contributed by atoms with Crippen LogP contribution in [-0.2, 0) is 14.3 Å². The van der Waals surface area contributed by atoms with E-state index < -0.39 is 12.0 Å². The number of amides is 1. The predicted molar refractivity (Wildman–Crippen MR) is 60.5 cm³/mol. The number of aliphatic carboxylic acids is 1. The molecule has 1 atom stereocenters. The third-order valence-electron chi connectivity index (χ3n) is 3.67. The van der Waals surface area contributed by atoms with Crippen molar-refractivity contribution in [3.05, 3.63) is 0 Å². The van der Waals surface area contributed by atoms with Gasteiger partial charge in [-0.25, -0.2) is 4.79 Å². The van der Waals surface area contributed by atoms with E-state index in [0.29, 0.717) is 25.5 Å². The zero-order chi connectivity index (χ0) is 12.3. The molecule has 96 valence electrons. The van der Waals surface area contributed by atoms with Crippen LogP contribution in [0.4, 0.5) is 0 Å². The molecule has 0 radical (unpaired) electrons. The Kier molecular flexibility index (Phi) is 3.99. The molecule has 1 aliphatic heterocycles. The molecule has 0 aromatic carbocycles. The highest BCUT2D eigenvalue weighted by Crippen LogP contribution is 2.28. The summed E-state index contributed by atoms with van der Waals surface area (Å²) in [6, 6.07) is -0.794.